The highest BCUT2D eigenvalue weighted by Gasteiger charge is 2.31. The first-order chi connectivity index (χ1) is 8.19. The lowest BCUT2D eigenvalue weighted by molar-refractivity contribution is -0.148. The maximum atomic E-state index is 11.7. The third-order valence-electron chi connectivity index (χ3n) is 2.62. The molecule has 0 bridgehead atoms. The minimum atomic E-state index is -0.504. The van der Waals surface area contributed by atoms with Crippen LogP contribution in [0.5, 0.6) is 0 Å². The van der Waals surface area contributed by atoms with Crippen molar-refractivity contribution in [1.82, 2.24) is 10.2 Å². The van der Waals surface area contributed by atoms with Gasteiger partial charge in [-0.25, -0.2) is 0 Å². The van der Waals surface area contributed by atoms with Crippen molar-refractivity contribution in [2.24, 2.45) is 0 Å². The summed E-state index contributed by atoms with van der Waals surface area (Å²) in [6, 6.07) is 1.54. The van der Waals surface area contributed by atoms with Gasteiger partial charge in [-0.05, 0) is 6.92 Å². The molecule has 0 unspecified atom stereocenters. The van der Waals surface area contributed by atoms with Gasteiger partial charge in [0.25, 0.3) is 0 Å². The van der Waals surface area contributed by atoms with E-state index in [1.165, 1.54) is 0 Å². The Morgan fingerprint density at radius 1 is 1.71 bits per heavy atom. The second-order valence-corrected chi connectivity index (χ2v) is 3.76. The Labute approximate surface area is 101 Å². The number of piperazine rings is 1. The van der Waals surface area contributed by atoms with E-state index in [0.717, 1.165) is 0 Å². The minimum Gasteiger partial charge on any atom is -0.466 e. The van der Waals surface area contributed by atoms with Crippen LogP contribution in [0.3, 0.4) is 0 Å². The average molecular weight is 239 g/mol. The smallest absolute Gasteiger partial charge is 0.307 e. The van der Waals surface area contributed by atoms with Gasteiger partial charge in [0.15, 0.2) is 0 Å². The summed E-state index contributed by atoms with van der Waals surface area (Å²) < 4.78 is 4.84. The lowest BCUT2D eigenvalue weighted by Crippen LogP contribution is -2.56. The highest BCUT2D eigenvalue weighted by Crippen LogP contribution is 2.10. The van der Waals surface area contributed by atoms with Crippen molar-refractivity contribution in [1.29, 1.82) is 5.26 Å². The summed E-state index contributed by atoms with van der Waals surface area (Å²) in [6.45, 7) is 3.77. The summed E-state index contributed by atoms with van der Waals surface area (Å²) in [7, 11) is 0. The first-order valence-electron chi connectivity index (χ1n) is 5.73. The fraction of sp³-hybridized carbons (Fsp3) is 0.727. The van der Waals surface area contributed by atoms with Gasteiger partial charge in [-0.15, -0.1) is 0 Å². The molecule has 6 nitrogen and oxygen atoms in total. The zero-order valence-corrected chi connectivity index (χ0v) is 9.94. The van der Waals surface area contributed by atoms with Crippen LogP contribution in [0.4, 0.5) is 0 Å². The Bertz CT molecular complexity index is 324. The fourth-order valence-corrected chi connectivity index (χ4v) is 1.82. The third kappa shape index (κ3) is 4.04. The van der Waals surface area contributed by atoms with Crippen LogP contribution in [0.15, 0.2) is 0 Å². The van der Waals surface area contributed by atoms with Crippen molar-refractivity contribution in [3.63, 3.8) is 0 Å². The number of carbonyl (C=O) groups excluding carboxylic acids is 2. The van der Waals surface area contributed by atoms with Crippen LogP contribution >= 0.6 is 0 Å². The second kappa shape index (κ2) is 6.86. The van der Waals surface area contributed by atoms with Gasteiger partial charge < -0.3 is 10.1 Å². The second-order valence-electron chi connectivity index (χ2n) is 3.76. The van der Waals surface area contributed by atoms with E-state index < -0.39 is 6.04 Å². The van der Waals surface area contributed by atoms with E-state index in [-0.39, 0.29) is 18.3 Å². The topological polar surface area (TPSA) is 82.4 Å². The summed E-state index contributed by atoms with van der Waals surface area (Å²) in [4.78, 5) is 24.9. The molecule has 1 atom stereocenters. The van der Waals surface area contributed by atoms with Crippen LogP contribution in [0, 0.1) is 11.3 Å². The van der Waals surface area contributed by atoms with E-state index in [1.807, 2.05) is 11.0 Å². The number of esters is 1. The number of hydrogen-bond donors (Lipinski definition) is 1. The lowest BCUT2D eigenvalue weighted by atomic mass is 10.1. The van der Waals surface area contributed by atoms with Crippen molar-refractivity contribution < 1.29 is 14.3 Å². The number of rotatable bonds is 5. The zero-order chi connectivity index (χ0) is 12.7. The molecule has 0 spiro atoms. The van der Waals surface area contributed by atoms with Gasteiger partial charge in [-0.2, -0.15) is 5.26 Å². The van der Waals surface area contributed by atoms with E-state index in [1.54, 1.807) is 6.92 Å². The highest BCUT2D eigenvalue weighted by molar-refractivity contribution is 5.87. The molecular formula is C11H17N3O3. The maximum absolute atomic E-state index is 11.7. The van der Waals surface area contributed by atoms with Gasteiger partial charge in [0.2, 0.25) is 5.91 Å². The Hall–Kier alpha value is -1.61. The molecule has 1 rings (SSSR count). The average Bonchev–Trinajstić information content (AvgIpc) is 2.30. The number of nitrogens with one attached hydrogen (secondary N) is 1. The van der Waals surface area contributed by atoms with Crippen LogP contribution < -0.4 is 5.32 Å². The Kier molecular flexibility index (Phi) is 5.43. The molecule has 1 N–H and O–H groups in total. The van der Waals surface area contributed by atoms with E-state index in [2.05, 4.69) is 5.32 Å². The molecule has 0 aromatic carbocycles. The van der Waals surface area contributed by atoms with Crippen LogP contribution in [0.25, 0.3) is 0 Å². The van der Waals surface area contributed by atoms with Gasteiger partial charge in [0, 0.05) is 26.1 Å². The molecule has 0 aromatic heterocycles. The number of ether oxygens (including phenoxy) is 1. The van der Waals surface area contributed by atoms with Crippen LogP contribution in [0.1, 0.15) is 19.8 Å². The number of hydrogen-bond acceptors (Lipinski definition) is 5. The van der Waals surface area contributed by atoms with Crippen molar-refractivity contribution in [3.05, 3.63) is 0 Å². The molecule has 6 heteroatoms. The minimum absolute atomic E-state index is 0.0467. The number of nitrogens with zero attached hydrogens (tertiary/aromatic N) is 2. The molecule has 1 heterocycles. The van der Waals surface area contributed by atoms with Gasteiger partial charge in [-0.1, -0.05) is 0 Å². The first kappa shape index (κ1) is 13.5. The molecule has 1 amide bonds. The van der Waals surface area contributed by atoms with Gasteiger partial charge in [-0.3, -0.25) is 14.5 Å². The summed E-state index contributed by atoms with van der Waals surface area (Å²) in [5, 5.41) is 11.3. The predicted molar refractivity (Wildman–Crippen MR) is 59.9 cm³/mol. The SMILES string of the molecule is CCOC(=O)C[C@@H]1C(=O)NCCN1CCC#N. The van der Waals surface area contributed by atoms with Gasteiger partial charge in [0.1, 0.15) is 0 Å². The van der Waals surface area contributed by atoms with Crippen molar-refractivity contribution in [2.45, 2.75) is 25.8 Å². The highest BCUT2D eigenvalue weighted by atomic mass is 16.5. The Morgan fingerprint density at radius 3 is 3.12 bits per heavy atom. The molecular weight excluding hydrogens is 222 g/mol. The Balaban J connectivity index is 2.57. The normalized spacial score (nSPS) is 20.5. The summed E-state index contributed by atoms with van der Waals surface area (Å²) >= 11 is 0. The zero-order valence-electron chi connectivity index (χ0n) is 9.94. The molecule has 0 aromatic rings. The van der Waals surface area contributed by atoms with Gasteiger partial charge in [0.05, 0.1) is 25.1 Å². The summed E-state index contributed by atoms with van der Waals surface area (Å²) in [6.07, 6.45) is 0.401. The molecule has 1 aliphatic heterocycles. The fourth-order valence-electron chi connectivity index (χ4n) is 1.82. The van der Waals surface area contributed by atoms with E-state index in [0.29, 0.717) is 32.7 Å². The van der Waals surface area contributed by atoms with E-state index in [4.69, 9.17) is 10.00 Å². The van der Waals surface area contributed by atoms with Crippen LogP contribution in [-0.4, -0.2) is 49.1 Å². The number of amides is 1. The molecule has 0 radical (unpaired) electrons. The van der Waals surface area contributed by atoms with Crippen LogP contribution in [-0.2, 0) is 14.3 Å². The van der Waals surface area contributed by atoms with Crippen molar-refractivity contribution in [2.75, 3.05) is 26.2 Å². The molecule has 94 valence electrons. The van der Waals surface area contributed by atoms with Crippen molar-refractivity contribution >= 4 is 11.9 Å². The maximum Gasteiger partial charge on any atom is 0.307 e. The Morgan fingerprint density at radius 2 is 2.47 bits per heavy atom. The summed E-state index contributed by atoms with van der Waals surface area (Å²) in [5.74, 6) is -0.543. The predicted octanol–water partition coefficient (Wildman–Crippen LogP) is -0.346. The van der Waals surface area contributed by atoms with E-state index >= 15 is 0 Å². The number of nitriles is 1. The molecule has 1 fully saturated rings. The quantitative estimate of drug-likeness (QED) is 0.663. The third-order valence-corrected chi connectivity index (χ3v) is 2.62. The molecule has 17 heavy (non-hydrogen) atoms. The van der Waals surface area contributed by atoms with Gasteiger partial charge >= 0.3 is 5.97 Å². The molecule has 0 saturated carbocycles. The number of carbonyl (C=O) groups is 2. The molecule has 1 aliphatic rings. The van der Waals surface area contributed by atoms with E-state index in [9.17, 15) is 9.59 Å². The summed E-state index contributed by atoms with van der Waals surface area (Å²) in [5.41, 5.74) is 0. The van der Waals surface area contributed by atoms with Crippen LogP contribution in [0.2, 0.25) is 0 Å². The first-order valence-corrected chi connectivity index (χ1v) is 5.73. The standard InChI is InChI=1S/C11H17N3O3/c1-2-17-10(15)8-9-11(16)13-5-7-14(9)6-3-4-12/h9H,2-3,5-8H2,1H3,(H,13,16)/t9-/m1/s1. The van der Waals surface area contributed by atoms with Crippen molar-refractivity contribution in [3.8, 4) is 6.07 Å². The molecule has 0 aliphatic carbocycles. The molecule has 1 saturated heterocycles. The largest absolute Gasteiger partial charge is 0.466 e. The lowest BCUT2D eigenvalue weighted by Gasteiger charge is -2.33. The monoisotopic (exact) mass is 239 g/mol.